The SMILES string of the molecule is Cc1nc2ccc(Br)cc2c(=O)n1N=Cc1ccc(OCC(=O)Nc2ccc(Cl)cc2)c(Cl)c1. The van der Waals surface area contributed by atoms with Crippen molar-refractivity contribution in [2.75, 3.05) is 11.9 Å². The van der Waals surface area contributed by atoms with Crippen LogP contribution < -0.4 is 15.6 Å². The quantitative estimate of drug-likeness (QED) is 0.308. The summed E-state index contributed by atoms with van der Waals surface area (Å²) in [5, 5.41) is 8.32. The monoisotopic (exact) mass is 558 g/mol. The molecule has 4 rings (SSSR count). The smallest absolute Gasteiger partial charge is 0.282 e. The van der Waals surface area contributed by atoms with Crippen LogP contribution in [0.15, 0.2) is 75.0 Å². The summed E-state index contributed by atoms with van der Waals surface area (Å²) in [7, 11) is 0. The maximum absolute atomic E-state index is 12.8. The van der Waals surface area contributed by atoms with Crippen molar-refractivity contribution < 1.29 is 9.53 Å². The average molecular weight is 560 g/mol. The summed E-state index contributed by atoms with van der Waals surface area (Å²) >= 11 is 15.5. The number of nitrogens with one attached hydrogen (secondary N) is 1. The molecule has 0 radical (unpaired) electrons. The van der Waals surface area contributed by atoms with E-state index in [0.29, 0.717) is 43.8 Å². The Bertz CT molecular complexity index is 1470. The molecule has 3 aromatic carbocycles. The molecule has 0 fully saturated rings. The predicted molar refractivity (Wildman–Crippen MR) is 138 cm³/mol. The minimum absolute atomic E-state index is 0.220. The van der Waals surface area contributed by atoms with Crippen LogP contribution in [-0.4, -0.2) is 28.4 Å². The fraction of sp³-hybridized carbons (Fsp3) is 0.0833. The van der Waals surface area contributed by atoms with Gasteiger partial charge in [-0.15, -0.1) is 0 Å². The fourth-order valence-corrected chi connectivity index (χ4v) is 3.84. The van der Waals surface area contributed by atoms with E-state index in [0.717, 1.165) is 4.47 Å². The number of nitrogens with zero attached hydrogens (tertiary/aromatic N) is 3. The predicted octanol–water partition coefficient (Wildman–Crippen LogP) is 5.67. The van der Waals surface area contributed by atoms with Crippen LogP contribution in [0.4, 0.5) is 5.69 Å². The third kappa shape index (κ3) is 5.64. The van der Waals surface area contributed by atoms with Crippen LogP contribution in [0.3, 0.4) is 0 Å². The highest BCUT2D eigenvalue weighted by Crippen LogP contribution is 2.25. The lowest BCUT2D eigenvalue weighted by Gasteiger charge is -2.09. The number of anilines is 1. The second-order valence-corrected chi connectivity index (χ2v) is 8.97. The van der Waals surface area contributed by atoms with E-state index in [4.69, 9.17) is 27.9 Å². The van der Waals surface area contributed by atoms with Crippen molar-refractivity contribution in [3.05, 3.63) is 96.9 Å². The molecule has 172 valence electrons. The highest BCUT2D eigenvalue weighted by atomic mass is 79.9. The van der Waals surface area contributed by atoms with Crippen molar-refractivity contribution >= 4 is 67.8 Å². The Morgan fingerprint density at radius 3 is 2.65 bits per heavy atom. The largest absolute Gasteiger partial charge is 0.482 e. The topological polar surface area (TPSA) is 85.6 Å². The summed E-state index contributed by atoms with van der Waals surface area (Å²) in [5.41, 5.74) is 1.57. The summed E-state index contributed by atoms with van der Waals surface area (Å²) in [6, 6.07) is 17.0. The van der Waals surface area contributed by atoms with Gasteiger partial charge in [0.2, 0.25) is 0 Å². The van der Waals surface area contributed by atoms with Crippen LogP contribution in [0.1, 0.15) is 11.4 Å². The van der Waals surface area contributed by atoms with Gasteiger partial charge in [0.1, 0.15) is 11.6 Å². The van der Waals surface area contributed by atoms with Crippen LogP contribution in [0.5, 0.6) is 5.75 Å². The van der Waals surface area contributed by atoms with E-state index in [1.165, 1.54) is 10.9 Å². The van der Waals surface area contributed by atoms with E-state index in [1.54, 1.807) is 61.5 Å². The van der Waals surface area contributed by atoms with Gasteiger partial charge in [-0.3, -0.25) is 9.59 Å². The van der Waals surface area contributed by atoms with Gasteiger partial charge in [-0.2, -0.15) is 9.78 Å². The fourth-order valence-electron chi connectivity index (χ4n) is 3.11. The van der Waals surface area contributed by atoms with Crippen LogP contribution in [0.2, 0.25) is 10.0 Å². The zero-order valence-corrected chi connectivity index (χ0v) is 20.9. The molecule has 0 saturated heterocycles. The Kier molecular flexibility index (Phi) is 7.31. The van der Waals surface area contributed by atoms with Gasteiger partial charge in [0.15, 0.2) is 6.61 Å². The van der Waals surface area contributed by atoms with Gasteiger partial charge in [-0.25, -0.2) is 4.98 Å². The van der Waals surface area contributed by atoms with E-state index in [-0.39, 0.29) is 18.1 Å². The van der Waals surface area contributed by atoms with Crippen molar-refractivity contribution in [1.82, 2.24) is 9.66 Å². The van der Waals surface area contributed by atoms with Crippen LogP contribution >= 0.6 is 39.1 Å². The van der Waals surface area contributed by atoms with Gasteiger partial charge >= 0.3 is 0 Å². The van der Waals surface area contributed by atoms with E-state index >= 15 is 0 Å². The molecule has 0 aliphatic carbocycles. The zero-order valence-electron chi connectivity index (χ0n) is 17.8. The van der Waals surface area contributed by atoms with Crippen LogP contribution in [-0.2, 0) is 4.79 Å². The Hall–Kier alpha value is -3.20. The first-order chi connectivity index (χ1) is 16.3. The van der Waals surface area contributed by atoms with Gasteiger partial charge in [0.05, 0.1) is 22.1 Å². The number of hydrogen-bond donors (Lipinski definition) is 1. The lowest BCUT2D eigenvalue weighted by Crippen LogP contribution is -2.20. The summed E-state index contributed by atoms with van der Waals surface area (Å²) in [5.74, 6) is 0.457. The number of benzene rings is 3. The second kappa shape index (κ2) is 10.4. The third-order valence-corrected chi connectivity index (χ3v) is 5.78. The number of fused-ring (bicyclic) bond motifs is 1. The normalized spacial score (nSPS) is 11.2. The van der Waals surface area contributed by atoms with Crippen molar-refractivity contribution in [2.24, 2.45) is 5.10 Å². The summed E-state index contributed by atoms with van der Waals surface area (Å²) in [6.07, 6.45) is 1.50. The first-order valence-electron chi connectivity index (χ1n) is 10.0. The van der Waals surface area contributed by atoms with Gasteiger partial charge in [0, 0.05) is 15.2 Å². The molecule has 34 heavy (non-hydrogen) atoms. The molecule has 1 N–H and O–H groups in total. The van der Waals surface area contributed by atoms with Gasteiger partial charge in [0.25, 0.3) is 11.5 Å². The van der Waals surface area contributed by atoms with E-state index in [9.17, 15) is 9.59 Å². The van der Waals surface area contributed by atoms with Crippen molar-refractivity contribution in [3.63, 3.8) is 0 Å². The summed E-state index contributed by atoms with van der Waals surface area (Å²) in [4.78, 5) is 29.4. The molecule has 4 aromatic rings. The number of ether oxygens (including phenoxy) is 1. The summed E-state index contributed by atoms with van der Waals surface area (Å²) in [6.45, 7) is 1.49. The molecule has 0 bridgehead atoms. The molecule has 0 atom stereocenters. The molecule has 7 nitrogen and oxygen atoms in total. The van der Waals surface area contributed by atoms with Crippen LogP contribution in [0.25, 0.3) is 10.9 Å². The number of aryl methyl sites for hydroxylation is 1. The molecular weight excluding hydrogens is 543 g/mol. The first kappa shape index (κ1) is 23.9. The lowest BCUT2D eigenvalue weighted by atomic mass is 10.2. The van der Waals surface area contributed by atoms with Gasteiger partial charge < -0.3 is 10.1 Å². The van der Waals surface area contributed by atoms with Crippen molar-refractivity contribution in [2.45, 2.75) is 6.92 Å². The molecular formula is C24H17BrCl2N4O3. The van der Waals surface area contributed by atoms with Crippen molar-refractivity contribution in [1.29, 1.82) is 0 Å². The Labute approximate surface area is 213 Å². The molecule has 0 unspecified atom stereocenters. The highest BCUT2D eigenvalue weighted by molar-refractivity contribution is 9.10. The Morgan fingerprint density at radius 2 is 1.91 bits per heavy atom. The number of rotatable bonds is 6. The molecule has 10 heteroatoms. The van der Waals surface area contributed by atoms with Gasteiger partial charge in [-0.1, -0.05) is 39.1 Å². The number of halogens is 3. The number of hydrogen-bond acceptors (Lipinski definition) is 5. The lowest BCUT2D eigenvalue weighted by molar-refractivity contribution is -0.118. The maximum atomic E-state index is 12.8. The third-order valence-electron chi connectivity index (χ3n) is 4.74. The van der Waals surface area contributed by atoms with Crippen LogP contribution in [0, 0.1) is 6.92 Å². The average Bonchev–Trinajstić information content (AvgIpc) is 2.80. The molecule has 0 aliphatic rings. The standard InChI is InChI=1S/C24H17BrCl2N4O3/c1-14-29-21-8-3-16(25)11-19(21)24(33)31(14)28-12-15-2-9-22(20(27)10-15)34-13-23(32)30-18-6-4-17(26)5-7-18/h2-12H,13H2,1H3,(H,30,32). The Balaban J connectivity index is 1.45. The molecule has 0 spiro atoms. The van der Waals surface area contributed by atoms with Gasteiger partial charge in [-0.05, 0) is 73.2 Å². The maximum Gasteiger partial charge on any atom is 0.282 e. The molecule has 1 aromatic heterocycles. The zero-order chi connectivity index (χ0) is 24.2. The van der Waals surface area contributed by atoms with E-state index in [1.807, 2.05) is 6.07 Å². The minimum atomic E-state index is -0.339. The highest BCUT2D eigenvalue weighted by Gasteiger charge is 2.09. The molecule has 1 amide bonds. The molecule has 1 heterocycles. The minimum Gasteiger partial charge on any atom is -0.482 e. The summed E-state index contributed by atoms with van der Waals surface area (Å²) < 4.78 is 7.54. The molecule has 0 aliphatic heterocycles. The second-order valence-electron chi connectivity index (χ2n) is 7.22. The molecule has 0 saturated carbocycles. The van der Waals surface area contributed by atoms with E-state index < -0.39 is 0 Å². The Morgan fingerprint density at radius 1 is 1.15 bits per heavy atom. The van der Waals surface area contributed by atoms with Crippen molar-refractivity contribution in [3.8, 4) is 5.75 Å². The number of amides is 1. The number of carbonyl (C=O) groups excluding carboxylic acids is 1. The number of aromatic nitrogens is 2. The first-order valence-corrected chi connectivity index (χ1v) is 11.6. The van der Waals surface area contributed by atoms with E-state index in [2.05, 4.69) is 31.3 Å². The number of carbonyl (C=O) groups is 1.